The van der Waals surface area contributed by atoms with Crippen molar-refractivity contribution >= 4 is 47.3 Å². The number of carbonyl (C=O) groups excluding carboxylic acids is 8. The summed E-state index contributed by atoms with van der Waals surface area (Å²) in [5, 5.41) is 26.2. The van der Waals surface area contributed by atoms with Crippen LogP contribution in [0, 0.1) is 35.5 Å². The summed E-state index contributed by atoms with van der Waals surface area (Å²) >= 11 is 0. The molecule has 3 aliphatic heterocycles. The Balaban J connectivity index is 1.65. The molecule has 3 N–H and O–H groups in total. The fourth-order valence-electron chi connectivity index (χ4n) is 11.5. The predicted octanol–water partition coefficient (Wildman–Crippen LogP) is 7.19. The summed E-state index contributed by atoms with van der Waals surface area (Å²) in [5.41, 5.74) is 1.19. The third kappa shape index (κ3) is 19.8. The van der Waals surface area contributed by atoms with E-state index in [1.165, 1.54) is 14.2 Å². The number of hydrogen-bond acceptors (Lipinski definition) is 18. The van der Waals surface area contributed by atoms with Gasteiger partial charge in [-0.2, -0.15) is 0 Å². The number of methoxy groups -OCH3 is 3. The van der Waals surface area contributed by atoms with Gasteiger partial charge < -0.3 is 58.3 Å². The number of Topliss-reactive ketones (excluding diaryl/α,β-unsaturated/α-hetero) is 3. The molecule has 3 heterocycles. The summed E-state index contributed by atoms with van der Waals surface area (Å²) in [6.07, 6.45) is 8.09. The van der Waals surface area contributed by atoms with Crippen molar-refractivity contribution in [1.82, 2.24) is 10.2 Å². The zero-order valence-electron chi connectivity index (χ0n) is 50.0. The zero-order chi connectivity index (χ0) is 60.1. The summed E-state index contributed by atoms with van der Waals surface area (Å²) in [6, 6.07) is -2.39. The minimum Gasteiger partial charge on any atom is -0.466 e. The van der Waals surface area contributed by atoms with E-state index in [2.05, 4.69) is 5.32 Å². The zero-order valence-corrected chi connectivity index (χ0v) is 50.0. The van der Waals surface area contributed by atoms with Crippen LogP contribution in [-0.4, -0.2) is 164 Å². The smallest absolute Gasteiger partial charge is 0.408 e. The molecule has 2 saturated heterocycles. The first kappa shape index (κ1) is 68.4. The fourth-order valence-corrected chi connectivity index (χ4v) is 11.5. The molecule has 16 atom stereocenters. The molecule has 2 bridgehead atoms. The Kier molecular flexibility index (Phi) is 28.1. The van der Waals surface area contributed by atoms with E-state index < -0.39 is 120 Å². The van der Waals surface area contributed by atoms with Crippen molar-refractivity contribution in [2.75, 3.05) is 41.1 Å². The number of esters is 3. The number of hydrogen-bond donors (Lipinski definition) is 3. The Bertz CT molecular complexity index is 2260. The van der Waals surface area contributed by atoms with Crippen molar-refractivity contribution < 1.29 is 86.5 Å². The van der Waals surface area contributed by atoms with Gasteiger partial charge in [-0.3, -0.25) is 24.0 Å². The number of piperidine rings is 1. The van der Waals surface area contributed by atoms with Gasteiger partial charge in [-0.1, -0.05) is 71.1 Å². The van der Waals surface area contributed by atoms with E-state index in [9.17, 15) is 48.6 Å². The highest BCUT2D eigenvalue weighted by Crippen LogP contribution is 2.38. The Labute approximate surface area is 479 Å². The largest absolute Gasteiger partial charge is 0.466 e. The van der Waals surface area contributed by atoms with Crippen LogP contribution in [0.3, 0.4) is 0 Å². The Morgan fingerprint density at radius 2 is 1.56 bits per heavy atom. The van der Waals surface area contributed by atoms with Crippen LogP contribution < -0.4 is 5.32 Å². The highest BCUT2D eigenvalue weighted by Gasteiger charge is 2.53. The predicted molar refractivity (Wildman–Crippen MR) is 299 cm³/mol. The Morgan fingerprint density at radius 1 is 0.840 bits per heavy atom. The number of aliphatic hydroxyl groups excluding tert-OH is 1. The SMILES string of the molecule is CCOC(=O)CCC(NC(=O)O[C@@H]1CCC(CC(C)C2CC(=O)C(C)/C=C(\C)[C@@H](O)C(OC)C(=O)[C@H](C)CC(C)\C=C/C=C/C=C(\C)C(OC)CC3CC[C@@H](C)[C@@](O)(O3)C(=O)C(=O)N3CCCC[C@H]3C(=O)O2)CC1OC)C(=O)OCC. The van der Waals surface area contributed by atoms with E-state index in [0.717, 1.165) is 10.5 Å². The van der Waals surface area contributed by atoms with Gasteiger partial charge in [0, 0.05) is 64.9 Å². The first-order valence-corrected chi connectivity index (χ1v) is 29.2. The molecule has 81 heavy (non-hydrogen) atoms. The lowest BCUT2D eigenvalue weighted by Crippen LogP contribution is -2.61. The Morgan fingerprint density at radius 3 is 2.22 bits per heavy atom. The number of amides is 2. The third-order valence-electron chi connectivity index (χ3n) is 16.5. The Hall–Kier alpha value is -5.12. The molecular formula is C61H94N2O18. The van der Waals surface area contributed by atoms with Crippen LogP contribution in [0.15, 0.2) is 47.6 Å². The first-order valence-electron chi connectivity index (χ1n) is 29.2. The summed E-state index contributed by atoms with van der Waals surface area (Å²) in [6.45, 7) is 16.0. The highest BCUT2D eigenvalue weighted by atomic mass is 16.6. The highest BCUT2D eigenvalue weighted by molar-refractivity contribution is 6.39. The van der Waals surface area contributed by atoms with Crippen molar-refractivity contribution in [3.05, 3.63) is 47.6 Å². The summed E-state index contributed by atoms with van der Waals surface area (Å²) in [4.78, 5) is 111. The molecule has 0 aromatic heterocycles. The topological polar surface area (TPSA) is 266 Å². The van der Waals surface area contributed by atoms with E-state index in [1.807, 2.05) is 51.2 Å². The van der Waals surface area contributed by atoms with E-state index >= 15 is 0 Å². The molecule has 456 valence electrons. The van der Waals surface area contributed by atoms with E-state index in [-0.39, 0.29) is 75.3 Å². The molecule has 0 aromatic rings. The minimum absolute atomic E-state index is 0.0194. The number of nitrogens with zero attached hydrogens (tertiary/aromatic N) is 1. The van der Waals surface area contributed by atoms with Gasteiger partial charge in [0.15, 0.2) is 5.78 Å². The van der Waals surface area contributed by atoms with Crippen LogP contribution in [0.1, 0.15) is 152 Å². The number of alkyl carbamates (subject to hydrolysis) is 1. The number of rotatable bonds is 14. The van der Waals surface area contributed by atoms with Crippen molar-refractivity contribution in [1.29, 1.82) is 0 Å². The molecule has 0 spiro atoms. The number of ether oxygens (including phenoxy) is 8. The van der Waals surface area contributed by atoms with Crippen molar-refractivity contribution in [2.24, 2.45) is 35.5 Å². The monoisotopic (exact) mass is 1140 g/mol. The average Bonchev–Trinajstić information content (AvgIpc) is 3.47. The van der Waals surface area contributed by atoms with Gasteiger partial charge in [-0.25, -0.2) is 14.4 Å². The summed E-state index contributed by atoms with van der Waals surface area (Å²) in [7, 11) is 4.40. The van der Waals surface area contributed by atoms with Crippen LogP contribution in [-0.2, 0) is 71.5 Å². The van der Waals surface area contributed by atoms with Crippen LogP contribution >= 0.6 is 0 Å². The molecule has 0 radical (unpaired) electrons. The molecule has 10 unspecified atom stereocenters. The normalized spacial score (nSPS) is 34.9. The number of cyclic esters (lactones) is 1. The van der Waals surface area contributed by atoms with Crippen LogP contribution in [0.2, 0.25) is 0 Å². The van der Waals surface area contributed by atoms with Gasteiger partial charge in [-0.15, -0.1) is 0 Å². The van der Waals surface area contributed by atoms with Crippen molar-refractivity contribution in [3.8, 4) is 0 Å². The molecular weight excluding hydrogens is 1050 g/mol. The first-order chi connectivity index (χ1) is 38.4. The van der Waals surface area contributed by atoms with Gasteiger partial charge in [0.25, 0.3) is 11.7 Å². The second-order valence-electron chi connectivity index (χ2n) is 22.8. The third-order valence-corrected chi connectivity index (χ3v) is 16.5. The van der Waals surface area contributed by atoms with E-state index in [1.54, 1.807) is 54.7 Å². The number of ketones is 3. The lowest BCUT2D eigenvalue weighted by molar-refractivity contribution is -0.265. The molecule has 3 fully saturated rings. The molecule has 20 heteroatoms. The molecule has 2 amide bonds. The van der Waals surface area contributed by atoms with Crippen molar-refractivity contribution in [2.45, 2.75) is 213 Å². The second kappa shape index (κ2) is 33.2. The van der Waals surface area contributed by atoms with Gasteiger partial charge in [0.1, 0.15) is 42.3 Å². The van der Waals surface area contributed by atoms with Crippen LogP contribution in [0.25, 0.3) is 0 Å². The standard InChI is InChI=1S/C61H94N2O18/c1-13-77-52(65)28-26-45(58(70)78-14-2)62-60(72)80-48-27-24-43(33-51(48)75-11)32-39(6)50-35-47(64)38(5)31-41(8)54(67)55(76-12)53(66)40(7)30-36(3)20-16-15-17-21-37(4)49(74-10)34-44-25-23-42(9)61(73,81-44)56(68)57(69)63-29-19-18-22-46(63)59(71)79-50/h15-17,20-21,31,36,38-40,42-46,48-51,54-55,67,73H,13-14,18-19,22-30,32-35H2,1-12H3,(H,62,72)/b17-15+,20-16-,37-21+,41-31+/t36?,38?,39?,40-,42-,43?,44?,45?,46+,48-,49?,50?,51?,54-,55?,61-/m1/s1. The average molecular weight is 1140 g/mol. The van der Waals surface area contributed by atoms with E-state index in [0.29, 0.717) is 63.4 Å². The number of allylic oxidation sites excluding steroid dienone is 6. The lowest BCUT2D eigenvalue weighted by atomic mass is 9.78. The molecule has 4 rings (SSSR count). The summed E-state index contributed by atoms with van der Waals surface area (Å²) in [5.74, 6) is -10.1. The van der Waals surface area contributed by atoms with Gasteiger partial charge >= 0.3 is 24.0 Å². The number of carbonyl (C=O) groups is 8. The second-order valence-corrected chi connectivity index (χ2v) is 22.8. The van der Waals surface area contributed by atoms with Crippen LogP contribution in [0.5, 0.6) is 0 Å². The lowest BCUT2D eigenvalue weighted by Gasteiger charge is -2.42. The van der Waals surface area contributed by atoms with Crippen molar-refractivity contribution in [3.63, 3.8) is 0 Å². The van der Waals surface area contributed by atoms with E-state index in [4.69, 9.17) is 37.9 Å². The maximum atomic E-state index is 14.6. The molecule has 4 aliphatic rings. The number of aliphatic hydroxyl groups is 2. The van der Waals surface area contributed by atoms with Gasteiger partial charge in [-0.05, 0) is 127 Å². The molecule has 20 nitrogen and oxygen atoms in total. The summed E-state index contributed by atoms with van der Waals surface area (Å²) < 4.78 is 45.7. The van der Waals surface area contributed by atoms with Crippen LogP contribution in [0.4, 0.5) is 4.79 Å². The molecule has 0 aromatic carbocycles. The maximum absolute atomic E-state index is 14.6. The number of fused-ring (bicyclic) bond motifs is 3. The number of nitrogens with one attached hydrogen (secondary N) is 1. The van der Waals surface area contributed by atoms with Gasteiger partial charge in [0.2, 0.25) is 5.79 Å². The molecule has 1 aliphatic carbocycles. The molecule has 1 saturated carbocycles. The fraction of sp³-hybridized carbons (Fsp3) is 0.738. The van der Waals surface area contributed by atoms with Gasteiger partial charge in [0.05, 0.1) is 31.5 Å². The quantitative estimate of drug-likeness (QED) is 0.0672. The minimum atomic E-state index is -2.49. The maximum Gasteiger partial charge on any atom is 0.408 e.